The lowest BCUT2D eigenvalue weighted by molar-refractivity contribution is -0.145. The minimum atomic E-state index is -0.875. The monoisotopic (exact) mass is 311 g/mol. The highest BCUT2D eigenvalue weighted by Crippen LogP contribution is 2.38. The maximum atomic E-state index is 12.0. The Kier molecular flexibility index (Phi) is 4.51. The fourth-order valence-electron chi connectivity index (χ4n) is 2.27. The van der Waals surface area contributed by atoms with E-state index in [2.05, 4.69) is 10.3 Å². The number of anilines is 1. The molecule has 6 nitrogen and oxygen atoms in total. The van der Waals surface area contributed by atoms with Gasteiger partial charge < -0.3 is 15.8 Å². The second-order valence-corrected chi connectivity index (χ2v) is 6.72. The van der Waals surface area contributed by atoms with Gasteiger partial charge in [0.2, 0.25) is 5.91 Å². The zero-order valence-corrected chi connectivity index (χ0v) is 13.4. The molecule has 1 atom stereocenters. The number of esters is 1. The minimum absolute atomic E-state index is 0.218. The second-order valence-electron chi connectivity index (χ2n) is 5.64. The Hall–Kier alpha value is -1.63. The summed E-state index contributed by atoms with van der Waals surface area (Å²) in [6.45, 7) is 5.58. The van der Waals surface area contributed by atoms with Crippen LogP contribution in [0.4, 0.5) is 5.13 Å². The van der Waals surface area contributed by atoms with Crippen LogP contribution >= 0.6 is 11.3 Å². The summed E-state index contributed by atoms with van der Waals surface area (Å²) in [6, 6.07) is 0. The number of amides is 1. The van der Waals surface area contributed by atoms with Crippen molar-refractivity contribution in [3.8, 4) is 0 Å². The molecule has 1 aliphatic rings. The fourth-order valence-corrected chi connectivity index (χ4v) is 3.50. The van der Waals surface area contributed by atoms with Gasteiger partial charge in [-0.1, -0.05) is 0 Å². The Bertz CT molecular complexity index is 554. The van der Waals surface area contributed by atoms with Gasteiger partial charge in [0.05, 0.1) is 12.3 Å². The third kappa shape index (κ3) is 3.34. The summed E-state index contributed by atoms with van der Waals surface area (Å²) in [5.74, 6) is -0.959. The van der Waals surface area contributed by atoms with Crippen molar-refractivity contribution in [2.45, 2.75) is 51.5 Å². The Morgan fingerprint density at radius 2 is 2.24 bits per heavy atom. The van der Waals surface area contributed by atoms with Crippen molar-refractivity contribution in [2.75, 3.05) is 11.9 Å². The number of carbonyl (C=O) groups excluding carboxylic acids is 2. The lowest BCUT2D eigenvalue weighted by Crippen LogP contribution is -2.45. The van der Waals surface area contributed by atoms with Gasteiger partial charge in [-0.15, -0.1) is 11.3 Å². The molecule has 0 aromatic carbocycles. The number of nitrogens with zero attached hydrogens (tertiary/aromatic N) is 1. The molecule has 1 aromatic heterocycles. The van der Waals surface area contributed by atoms with E-state index in [9.17, 15) is 9.59 Å². The van der Waals surface area contributed by atoms with E-state index in [1.165, 1.54) is 11.3 Å². The maximum absolute atomic E-state index is 12.0. The number of primary amides is 1. The number of aromatic nitrogens is 1. The number of thiazole rings is 1. The predicted molar refractivity (Wildman–Crippen MR) is 81.3 cm³/mol. The first-order valence-corrected chi connectivity index (χ1v) is 7.91. The average molecular weight is 311 g/mol. The van der Waals surface area contributed by atoms with Crippen LogP contribution in [0.2, 0.25) is 0 Å². The number of fused-ring (bicyclic) bond motifs is 1. The van der Waals surface area contributed by atoms with Gasteiger partial charge in [-0.3, -0.25) is 9.59 Å². The summed E-state index contributed by atoms with van der Waals surface area (Å²) in [5.41, 5.74) is 5.27. The van der Waals surface area contributed by atoms with Crippen molar-refractivity contribution in [3.63, 3.8) is 0 Å². The zero-order chi connectivity index (χ0) is 15.6. The minimum Gasteiger partial charge on any atom is -0.465 e. The largest absolute Gasteiger partial charge is 0.465 e. The third-order valence-corrected chi connectivity index (χ3v) is 4.61. The summed E-state index contributed by atoms with van der Waals surface area (Å²) in [7, 11) is 0. The van der Waals surface area contributed by atoms with Crippen LogP contribution in [-0.4, -0.2) is 29.0 Å². The number of nitrogens with one attached hydrogen (secondary N) is 1. The highest BCUT2D eigenvalue weighted by atomic mass is 32.1. The van der Waals surface area contributed by atoms with Gasteiger partial charge in [-0.25, -0.2) is 4.98 Å². The Labute approximate surface area is 128 Å². The molecular weight excluding hydrogens is 290 g/mol. The standard InChI is InChI=1S/C14H21N3O3S/c1-4-20-11(18)8-6-5-7-9-10(8)16-13(21-9)17-14(2,3)12(15)19/h8H,4-7H2,1-3H3,(H2,15,19)(H,16,17). The molecule has 1 amide bonds. The molecule has 0 fully saturated rings. The smallest absolute Gasteiger partial charge is 0.315 e. The van der Waals surface area contributed by atoms with Crippen LogP contribution in [0.15, 0.2) is 0 Å². The molecule has 0 bridgehead atoms. The number of hydrogen-bond donors (Lipinski definition) is 2. The molecule has 7 heteroatoms. The molecule has 0 aliphatic heterocycles. The van der Waals surface area contributed by atoms with Gasteiger partial charge in [0.1, 0.15) is 11.5 Å². The van der Waals surface area contributed by atoms with Crippen molar-refractivity contribution in [1.29, 1.82) is 0 Å². The Morgan fingerprint density at radius 1 is 1.52 bits per heavy atom. The molecule has 0 spiro atoms. The van der Waals surface area contributed by atoms with Crippen molar-refractivity contribution in [2.24, 2.45) is 5.73 Å². The van der Waals surface area contributed by atoms with Gasteiger partial charge in [-0.05, 0) is 40.0 Å². The fraction of sp³-hybridized carbons (Fsp3) is 0.643. The van der Waals surface area contributed by atoms with E-state index in [1.807, 2.05) is 0 Å². The number of ether oxygens (including phenoxy) is 1. The summed E-state index contributed by atoms with van der Waals surface area (Å²) in [6.07, 6.45) is 2.60. The first-order valence-electron chi connectivity index (χ1n) is 7.09. The van der Waals surface area contributed by atoms with Gasteiger partial charge >= 0.3 is 5.97 Å². The molecular formula is C14H21N3O3S. The molecule has 1 aliphatic carbocycles. The van der Waals surface area contributed by atoms with Crippen LogP contribution in [-0.2, 0) is 20.7 Å². The second kappa shape index (κ2) is 6.01. The van der Waals surface area contributed by atoms with E-state index in [-0.39, 0.29) is 11.9 Å². The van der Waals surface area contributed by atoms with E-state index in [0.29, 0.717) is 11.7 Å². The van der Waals surface area contributed by atoms with Gasteiger partial charge in [0.25, 0.3) is 0 Å². The molecule has 116 valence electrons. The Morgan fingerprint density at radius 3 is 2.86 bits per heavy atom. The van der Waals surface area contributed by atoms with E-state index in [1.54, 1.807) is 20.8 Å². The highest BCUT2D eigenvalue weighted by molar-refractivity contribution is 7.15. The van der Waals surface area contributed by atoms with Crippen LogP contribution in [0, 0.1) is 0 Å². The van der Waals surface area contributed by atoms with Crippen molar-refractivity contribution >= 4 is 28.3 Å². The van der Waals surface area contributed by atoms with Crippen LogP contribution < -0.4 is 11.1 Å². The summed E-state index contributed by atoms with van der Waals surface area (Å²) < 4.78 is 5.12. The number of aryl methyl sites for hydroxylation is 1. The molecule has 1 heterocycles. The molecule has 21 heavy (non-hydrogen) atoms. The van der Waals surface area contributed by atoms with E-state index in [4.69, 9.17) is 10.5 Å². The van der Waals surface area contributed by atoms with Crippen LogP contribution in [0.5, 0.6) is 0 Å². The topological polar surface area (TPSA) is 94.3 Å². The molecule has 0 radical (unpaired) electrons. The summed E-state index contributed by atoms with van der Waals surface area (Å²) >= 11 is 1.48. The van der Waals surface area contributed by atoms with Gasteiger partial charge in [-0.2, -0.15) is 0 Å². The number of rotatable bonds is 5. The van der Waals surface area contributed by atoms with Gasteiger partial charge in [0, 0.05) is 4.88 Å². The molecule has 0 saturated heterocycles. The van der Waals surface area contributed by atoms with Crippen molar-refractivity contribution < 1.29 is 14.3 Å². The average Bonchev–Trinajstić information content (AvgIpc) is 2.79. The molecule has 2 rings (SSSR count). The van der Waals surface area contributed by atoms with Crippen LogP contribution in [0.25, 0.3) is 0 Å². The SMILES string of the molecule is CCOC(=O)C1CCCc2sc(NC(C)(C)C(N)=O)nc21. The molecule has 1 aromatic rings. The van der Waals surface area contributed by atoms with E-state index >= 15 is 0 Å². The molecule has 3 N–H and O–H groups in total. The Balaban J connectivity index is 2.23. The first-order chi connectivity index (χ1) is 9.85. The third-order valence-electron chi connectivity index (χ3n) is 3.56. The molecule has 1 unspecified atom stereocenters. The van der Waals surface area contributed by atoms with E-state index in [0.717, 1.165) is 29.8 Å². The zero-order valence-electron chi connectivity index (χ0n) is 12.6. The molecule has 0 saturated carbocycles. The maximum Gasteiger partial charge on any atom is 0.315 e. The van der Waals surface area contributed by atoms with Crippen molar-refractivity contribution in [3.05, 3.63) is 10.6 Å². The summed E-state index contributed by atoms with van der Waals surface area (Å²) in [4.78, 5) is 29.0. The first kappa shape index (κ1) is 15.8. The number of nitrogens with two attached hydrogens (primary N) is 1. The normalized spacial score (nSPS) is 18.0. The number of carbonyl (C=O) groups is 2. The van der Waals surface area contributed by atoms with Crippen LogP contribution in [0.1, 0.15) is 50.1 Å². The predicted octanol–water partition coefficient (Wildman–Crippen LogP) is 1.80. The van der Waals surface area contributed by atoms with Crippen LogP contribution in [0.3, 0.4) is 0 Å². The van der Waals surface area contributed by atoms with Gasteiger partial charge in [0.15, 0.2) is 5.13 Å². The summed E-state index contributed by atoms with van der Waals surface area (Å²) in [5, 5.41) is 3.67. The lowest BCUT2D eigenvalue weighted by atomic mass is 9.91. The van der Waals surface area contributed by atoms with Crippen molar-refractivity contribution in [1.82, 2.24) is 4.98 Å². The lowest BCUT2D eigenvalue weighted by Gasteiger charge is -2.21. The quantitative estimate of drug-likeness (QED) is 0.809. The van der Waals surface area contributed by atoms with E-state index < -0.39 is 11.4 Å². The number of hydrogen-bond acceptors (Lipinski definition) is 6. The highest BCUT2D eigenvalue weighted by Gasteiger charge is 2.33.